The predicted octanol–water partition coefficient (Wildman–Crippen LogP) is 0.884. The molecule has 9 heteroatoms. The lowest BCUT2D eigenvalue weighted by Crippen LogP contribution is -2.55. The lowest BCUT2D eigenvalue weighted by atomic mass is 10.2. The number of nitrogens with two attached hydrogens (primary N) is 1. The normalized spacial score (nSPS) is 18.6. The van der Waals surface area contributed by atoms with E-state index in [0.717, 1.165) is 6.92 Å². The van der Waals surface area contributed by atoms with Crippen molar-refractivity contribution in [3.63, 3.8) is 0 Å². The fourth-order valence-electron chi connectivity index (χ4n) is 1.69. The van der Waals surface area contributed by atoms with Gasteiger partial charge in [-0.25, -0.2) is 0 Å². The van der Waals surface area contributed by atoms with Gasteiger partial charge in [0.25, 0.3) is 0 Å². The van der Waals surface area contributed by atoms with Gasteiger partial charge in [-0.1, -0.05) is 0 Å². The number of piperazine rings is 1. The maximum Gasteiger partial charge on any atom is 0.403 e. The molecule has 0 aromatic heterocycles. The molecule has 4 nitrogen and oxygen atoms in total. The minimum Gasteiger partial charge on any atom is -0.339 e. The molecular formula is C9H18Cl2F3N3O. The molecule has 2 N–H and O–H groups in total. The molecule has 1 aliphatic rings. The van der Waals surface area contributed by atoms with Crippen molar-refractivity contribution < 1.29 is 18.0 Å². The minimum atomic E-state index is -4.21. The monoisotopic (exact) mass is 311 g/mol. The second-order valence-corrected chi connectivity index (χ2v) is 3.84. The van der Waals surface area contributed by atoms with Crippen LogP contribution in [0.3, 0.4) is 0 Å². The van der Waals surface area contributed by atoms with Gasteiger partial charge in [0.05, 0.1) is 6.54 Å². The van der Waals surface area contributed by atoms with Crippen LogP contribution in [0.15, 0.2) is 0 Å². The molecule has 1 amide bonds. The van der Waals surface area contributed by atoms with Crippen molar-refractivity contribution in [1.82, 2.24) is 9.80 Å². The van der Waals surface area contributed by atoms with E-state index in [2.05, 4.69) is 0 Å². The van der Waals surface area contributed by atoms with Gasteiger partial charge in [-0.2, -0.15) is 13.2 Å². The summed E-state index contributed by atoms with van der Waals surface area (Å²) in [5, 5.41) is 0. The van der Waals surface area contributed by atoms with Gasteiger partial charge >= 0.3 is 6.18 Å². The Morgan fingerprint density at radius 1 is 1.22 bits per heavy atom. The summed E-state index contributed by atoms with van der Waals surface area (Å²) in [6, 6.07) is -1.46. The van der Waals surface area contributed by atoms with Crippen molar-refractivity contribution in [2.24, 2.45) is 5.73 Å². The maximum absolute atomic E-state index is 12.4. The quantitative estimate of drug-likeness (QED) is 0.824. The van der Waals surface area contributed by atoms with Crippen molar-refractivity contribution in [2.45, 2.75) is 19.1 Å². The predicted molar refractivity (Wildman–Crippen MR) is 67.2 cm³/mol. The first-order valence-electron chi connectivity index (χ1n) is 5.15. The minimum absolute atomic E-state index is 0. The summed E-state index contributed by atoms with van der Waals surface area (Å²) in [6.45, 7) is 2.17. The van der Waals surface area contributed by atoms with Crippen LogP contribution in [0, 0.1) is 0 Å². The smallest absolute Gasteiger partial charge is 0.339 e. The molecule has 0 aromatic carbocycles. The van der Waals surface area contributed by atoms with Crippen LogP contribution in [0.4, 0.5) is 13.2 Å². The molecule has 1 aliphatic heterocycles. The Morgan fingerprint density at radius 2 is 1.67 bits per heavy atom. The fraction of sp³-hybridized carbons (Fsp3) is 0.889. The molecule has 1 saturated heterocycles. The average Bonchev–Trinajstić information content (AvgIpc) is 2.26. The second-order valence-electron chi connectivity index (χ2n) is 3.84. The highest BCUT2D eigenvalue weighted by Gasteiger charge is 2.41. The highest BCUT2D eigenvalue weighted by molar-refractivity contribution is 5.85. The Labute approximate surface area is 116 Å². The highest BCUT2D eigenvalue weighted by Crippen LogP contribution is 2.25. The third-order valence-electron chi connectivity index (χ3n) is 2.86. The summed E-state index contributed by atoms with van der Waals surface area (Å²) in [7, 11) is 0. The number of hydrogen-bond acceptors (Lipinski definition) is 3. The summed E-state index contributed by atoms with van der Waals surface area (Å²) in [5.41, 5.74) is 5.18. The summed E-state index contributed by atoms with van der Waals surface area (Å²) in [6.07, 6.45) is -4.21. The zero-order chi connectivity index (χ0) is 12.3. The Kier molecular flexibility index (Phi) is 8.97. The van der Waals surface area contributed by atoms with Crippen molar-refractivity contribution >= 4 is 30.7 Å². The molecule has 0 saturated carbocycles. The summed E-state index contributed by atoms with van der Waals surface area (Å²) in [5.74, 6) is -0.209. The SMILES string of the molecule is CC(N1CCN(C(=O)CN)CC1)C(F)(F)F.Cl.Cl. The van der Waals surface area contributed by atoms with Crippen molar-refractivity contribution in [3.05, 3.63) is 0 Å². The van der Waals surface area contributed by atoms with Crippen LogP contribution in [-0.4, -0.2) is 60.6 Å². The fourth-order valence-corrected chi connectivity index (χ4v) is 1.69. The lowest BCUT2D eigenvalue weighted by molar-refractivity contribution is -0.182. The van der Waals surface area contributed by atoms with E-state index in [1.807, 2.05) is 0 Å². The topological polar surface area (TPSA) is 49.6 Å². The second kappa shape index (κ2) is 8.04. The van der Waals surface area contributed by atoms with E-state index < -0.39 is 12.2 Å². The van der Waals surface area contributed by atoms with Gasteiger partial charge in [-0.15, -0.1) is 24.8 Å². The number of alkyl halides is 3. The molecule has 0 radical (unpaired) electrons. The third-order valence-corrected chi connectivity index (χ3v) is 2.86. The molecule has 0 aromatic rings. The van der Waals surface area contributed by atoms with Gasteiger partial charge in [-0.3, -0.25) is 9.69 Å². The molecule has 18 heavy (non-hydrogen) atoms. The van der Waals surface area contributed by atoms with E-state index in [1.54, 1.807) is 0 Å². The van der Waals surface area contributed by atoms with E-state index in [4.69, 9.17) is 5.73 Å². The maximum atomic E-state index is 12.4. The number of nitrogens with zero attached hydrogens (tertiary/aromatic N) is 2. The number of carbonyl (C=O) groups excluding carboxylic acids is 1. The Balaban J connectivity index is 0. The van der Waals surface area contributed by atoms with Crippen LogP contribution < -0.4 is 5.73 Å². The standard InChI is InChI=1S/C9H16F3N3O.2ClH/c1-7(9(10,11)12)14-2-4-15(5-3-14)8(16)6-13;;/h7H,2-6,13H2,1H3;2*1H. The Hall–Kier alpha value is -0.240. The molecule has 1 rings (SSSR count). The van der Waals surface area contributed by atoms with Crippen molar-refractivity contribution in [3.8, 4) is 0 Å². The van der Waals surface area contributed by atoms with Crippen molar-refractivity contribution in [1.29, 1.82) is 0 Å². The van der Waals surface area contributed by atoms with Crippen LogP contribution in [0.5, 0.6) is 0 Å². The number of halogens is 5. The Morgan fingerprint density at radius 3 is 2.00 bits per heavy atom. The summed E-state index contributed by atoms with van der Waals surface area (Å²) >= 11 is 0. The summed E-state index contributed by atoms with van der Waals surface area (Å²) < 4.78 is 37.2. The van der Waals surface area contributed by atoms with E-state index in [9.17, 15) is 18.0 Å². The number of carbonyl (C=O) groups is 1. The number of amides is 1. The largest absolute Gasteiger partial charge is 0.403 e. The van der Waals surface area contributed by atoms with Crippen LogP contribution in [-0.2, 0) is 4.79 Å². The zero-order valence-electron chi connectivity index (χ0n) is 9.94. The van der Waals surface area contributed by atoms with Gasteiger partial charge in [0.15, 0.2) is 0 Å². The molecule has 0 aliphatic carbocycles. The van der Waals surface area contributed by atoms with Gasteiger partial charge in [0.1, 0.15) is 6.04 Å². The molecule has 1 heterocycles. The third kappa shape index (κ3) is 5.17. The summed E-state index contributed by atoms with van der Waals surface area (Å²) in [4.78, 5) is 14.0. The van der Waals surface area contributed by atoms with Crippen molar-refractivity contribution in [2.75, 3.05) is 32.7 Å². The molecule has 0 bridgehead atoms. The number of hydrogen-bond donors (Lipinski definition) is 1. The van der Waals surface area contributed by atoms with Crippen LogP contribution in [0.1, 0.15) is 6.92 Å². The zero-order valence-corrected chi connectivity index (χ0v) is 11.6. The van der Waals surface area contributed by atoms with E-state index in [-0.39, 0.29) is 50.4 Å². The first kappa shape index (κ1) is 20.1. The average molecular weight is 312 g/mol. The van der Waals surface area contributed by atoms with Crippen LogP contribution in [0.25, 0.3) is 0 Å². The van der Waals surface area contributed by atoms with Crippen LogP contribution >= 0.6 is 24.8 Å². The van der Waals surface area contributed by atoms with Crippen LogP contribution in [0.2, 0.25) is 0 Å². The molecule has 1 atom stereocenters. The molecule has 1 unspecified atom stereocenters. The highest BCUT2D eigenvalue weighted by atomic mass is 35.5. The van der Waals surface area contributed by atoms with E-state index >= 15 is 0 Å². The first-order chi connectivity index (χ1) is 7.36. The van der Waals surface area contributed by atoms with E-state index in [0.29, 0.717) is 13.1 Å². The molecule has 0 spiro atoms. The lowest BCUT2D eigenvalue weighted by Gasteiger charge is -2.38. The van der Waals surface area contributed by atoms with Gasteiger partial charge in [0, 0.05) is 26.2 Å². The van der Waals surface area contributed by atoms with Gasteiger partial charge in [0.2, 0.25) is 5.91 Å². The number of rotatable bonds is 2. The first-order valence-corrected chi connectivity index (χ1v) is 5.15. The Bertz CT molecular complexity index is 258. The molecule has 1 fully saturated rings. The molecule has 110 valence electrons. The van der Waals surface area contributed by atoms with Gasteiger partial charge in [-0.05, 0) is 6.92 Å². The van der Waals surface area contributed by atoms with Gasteiger partial charge < -0.3 is 10.6 Å². The van der Waals surface area contributed by atoms with E-state index in [1.165, 1.54) is 9.80 Å². The molecular weight excluding hydrogens is 294 g/mol.